The van der Waals surface area contributed by atoms with Gasteiger partial charge in [0.2, 0.25) is 0 Å². The van der Waals surface area contributed by atoms with E-state index in [0.29, 0.717) is 11.4 Å². The minimum absolute atomic E-state index is 0.532. The van der Waals surface area contributed by atoms with Gasteiger partial charge in [0.1, 0.15) is 0 Å². The minimum Gasteiger partial charge on any atom is -0.388 e. The normalized spacial score (nSPS) is 12.6. The second-order valence-electron chi connectivity index (χ2n) is 4.54. The third kappa shape index (κ3) is 3.17. The molecule has 0 bridgehead atoms. The van der Waals surface area contributed by atoms with Crippen LogP contribution in [0.3, 0.4) is 0 Å². The molecule has 19 heavy (non-hydrogen) atoms. The van der Waals surface area contributed by atoms with Crippen molar-refractivity contribution in [2.45, 2.75) is 39.3 Å². The summed E-state index contributed by atoms with van der Waals surface area (Å²) in [6, 6.07) is 9.47. The Morgan fingerprint density at radius 1 is 1.32 bits per heavy atom. The molecule has 1 aromatic heterocycles. The standard InChI is InChI=1S/C15H19ClN2O/c1-3-11-9-12(18(4-2)17-11)10-15(19)13-7-5-6-8-14(13)16/h5-9,15,19H,3-4,10H2,1-2H3. The van der Waals surface area contributed by atoms with Gasteiger partial charge in [-0.05, 0) is 31.0 Å². The van der Waals surface area contributed by atoms with Gasteiger partial charge in [-0.2, -0.15) is 5.10 Å². The fourth-order valence-electron chi connectivity index (χ4n) is 2.18. The van der Waals surface area contributed by atoms with Crippen LogP contribution in [-0.2, 0) is 19.4 Å². The van der Waals surface area contributed by atoms with E-state index in [1.54, 1.807) is 6.07 Å². The lowest BCUT2D eigenvalue weighted by Gasteiger charge is -2.13. The van der Waals surface area contributed by atoms with Crippen molar-refractivity contribution in [3.05, 3.63) is 52.3 Å². The van der Waals surface area contributed by atoms with Gasteiger partial charge in [-0.3, -0.25) is 4.68 Å². The van der Waals surface area contributed by atoms with Gasteiger partial charge in [0.15, 0.2) is 0 Å². The van der Waals surface area contributed by atoms with Crippen LogP contribution in [0.1, 0.15) is 36.9 Å². The van der Waals surface area contributed by atoms with Crippen LogP contribution in [0.2, 0.25) is 5.02 Å². The first kappa shape index (κ1) is 14.1. The lowest BCUT2D eigenvalue weighted by Crippen LogP contribution is -2.08. The van der Waals surface area contributed by atoms with Crippen LogP contribution < -0.4 is 0 Å². The summed E-state index contributed by atoms with van der Waals surface area (Å²) in [5, 5.41) is 15.4. The first-order chi connectivity index (χ1) is 9.15. The van der Waals surface area contributed by atoms with Gasteiger partial charge in [-0.1, -0.05) is 36.7 Å². The van der Waals surface area contributed by atoms with Gasteiger partial charge in [-0.25, -0.2) is 0 Å². The Bertz CT molecular complexity index is 551. The number of benzene rings is 1. The minimum atomic E-state index is -0.597. The summed E-state index contributed by atoms with van der Waals surface area (Å²) in [5.41, 5.74) is 2.88. The van der Waals surface area contributed by atoms with Crippen LogP contribution >= 0.6 is 11.6 Å². The molecule has 1 heterocycles. The number of rotatable bonds is 5. The molecule has 2 rings (SSSR count). The van der Waals surface area contributed by atoms with Crippen molar-refractivity contribution in [1.82, 2.24) is 9.78 Å². The van der Waals surface area contributed by atoms with E-state index in [9.17, 15) is 5.11 Å². The average molecular weight is 279 g/mol. The highest BCUT2D eigenvalue weighted by Gasteiger charge is 2.15. The van der Waals surface area contributed by atoms with Gasteiger partial charge in [0, 0.05) is 23.7 Å². The van der Waals surface area contributed by atoms with Crippen LogP contribution in [0.25, 0.3) is 0 Å². The van der Waals surface area contributed by atoms with Crippen molar-refractivity contribution in [3.8, 4) is 0 Å². The third-order valence-electron chi connectivity index (χ3n) is 3.24. The van der Waals surface area contributed by atoms with E-state index in [2.05, 4.69) is 25.0 Å². The van der Waals surface area contributed by atoms with E-state index < -0.39 is 6.10 Å². The maximum absolute atomic E-state index is 10.3. The largest absolute Gasteiger partial charge is 0.388 e. The molecule has 0 aliphatic heterocycles. The molecule has 1 atom stereocenters. The lowest BCUT2D eigenvalue weighted by atomic mass is 10.0. The van der Waals surface area contributed by atoms with Gasteiger partial charge in [0.25, 0.3) is 0 Å². The first-order valence-electron chi connectivity index (χ1n) is 6.63. The highest BCUT2D eigenvalue weighted by Crippen LogP contribution is 2.25. The van der Waals surface area contributed by atoms with Crippen LogP contribution in [0.5, 0.6) is 0 Å². The topological polar surface area (TPSA) is 38.0 Å². The zero-order valence-corrected chi connectivity index (χ0v) is 12.1. The number of aliphatic hydroxyl groups is 1. The SMILES string of the molecule is CCc1cc(CC(O)c2ccccc2Cl)n(CC)n1. The van der Waals surface area contributed by atoms with E-state index in [-0.39, 0.29) is 0 Å². The summed E-state index contributed by atoms with van der Waals surface area (Å²) in [5.74, 6) is 0. The molecule has 0 amide bonds. The maximum atomic E-state index is 10.3. The Kier molecular flexibility index (Phi) is 4.61. The summed E-state index contributed by atoms with van der Waals surface area (Å²) >= 11 is 6.11. The molecular formula is C15H19ClN2O. The molecule has 0 saturated carbocycles. The Morgan fingerprint density at radius 3 is 2.68 bits per heavy atom. The molecular weight excluding hydrogens is 260 g/mol. The van der Waals surface area contributed by atoms with E-state index in [1.165, 1.54) is 0 Å². The monoisotopic (exact) mass is 278 g/mol. The predicted octanol–water partition coefficient (Wildman–Crippen LogP) is 3.39. The molecule has 1 aromatic carbocycles. The van der Waals surface area contributed by atoms with E-state index in [0.717, 1.165) is 29.9 Å². The van der Waals surface area contributed by atoms with Crippen molar-refractivity contribution in [1.29, 1.82) is 0 Å². The van der Waals surface area contributed by atoms with Gasteiger partial charge in [-0.15, -0.1) is 0 Å². The molecule has 0 aliphatic carbocycles. The van der Waals surface area contributed by atoms with Crippen LogP contribution in [-0.4, -0.2) is 14.9 Å². The summed E-state index contributed by atoms with van der Waals surface area (Å²) in [6.07, 6.45) is 0.840. The van der Waals surface area contributed by atoms with Crippen LogP contribution in [0.4, 0.5) is 0 Å². The van der Waals surface area contributed by atoms with Crippen molar-refractivity contribution < 1.29 is 5.11 Å². The van der Waals surface area contributed by atoms with E-state index in [1.807, 2.05) is 22.9 Å². The zero-order chi connectivity index (χ0) is 13.8. The molecule has 0 fully saturated rings. The molecule has 1 N–H and O–H groups in total. The van der Waals surface area contributed by atoms with Crippen molar-refractivity contribution in [3.63, 3.8) is 0 Å². The number of hydrogen-bond donors (Lipinski definition) is 1. The second kappa shape index (κ2) is 6.22. The van der Waals surface area contributed by atoms with Crippen molar-refractivity contribution >= 4 is 11.6 Å². The van der Waals surface area contributed by atoms with Gasteiger partial charge < -0.3 is 5.11 Å². The quantitative estimate of drug-likeness (QED) is 0.910. The number of nitrogens with zero attached hydrogens (tertiary/aromatic N) is 2. The van der Waals surface area contributed by atoms with Gasteiger partial charge in [0.05, 0.1) is 11.8 Å². The average Bonchev–Trinajstić information content (AvgIpc) is 2.81. The molecule has 1 unspecified atom stereocenters. The van der Waals surface area contributed by atoms with E-state index in [4.69, 9.17) is 11.6 Å². The van der Waals surface area contributed by atoms with Crippen molar-refractivity contribution in [2.75, 3.05) is 0 Å². The summed E-state index contributed by atoms with van der Waals surface area (Å²) in [4.78, 5) is 0. The summed E-state index contributed by atoms with van der Waals surface area (Å²) in [6.45, 7) is 4.94. The number of hydrogen-bond acceptors (Lipinski definition) is 2. The Labute approximate surface area is 118 Å². The Hall–Kier alpha value is -1.32. The van der Waals surface area contributed by atoms with Crippen LogP contribution in [0.15, 0.2) is 30.3 Å². The molecule has 0 saturated heterocycles. The number of aryl methyl sites for hydroxylation is 2. The van der Waals surface area contributed by atoms with Gasteiger partial charge >= 0.3 is 0 Å². The fraction of sp³-hybridized carbons (Fsp3) is 0.400. The highest BCUT2D eigenvalue weighted by atomic mass is 35.5. The molecule has 0 radical (unpaired) electrons. The Morgan fingerprint density at radius 2 is 2.05 bits per heavy atom. The first-order valence-corrected chi connectivity index (χ1v) is 7.01. The molecule has 102 valence electrons. The summed E-state index contributed by atoms with van der Waals surface area (Å²) < 4.78 is 1.94. The Balaban J connectivity index is 2.21. The molecule has 2 aromatic rings. The smallest absolute Gasteiger partial charge is 0.0859 e. The fourth-order valence-corrected chi connectivity index (χ4v) is 2.44. The van der Waals surface area contributed by atoms with Crippen molar-refractivity contribution in [2.24, 2.45) is 0 Å². The van der Waals surface area contributed by atoms with E-state index >= 15 is 0 Å². The molecule has 0 aliphatic rings. The lowest BCUT2D eigenvalue weighted by molar-refractivity contribution is 0.175. The summed E-state index contributed by atoms with van der Waals surface area (Å²) in [7, 11) is 0. The molecule has 4 heteroatoms. The number of halogens is 1. The zero-order valence-electron chi connectivity index (χ0n) is 11.3. The molecule has 3 nitrogen and oxygen atoms in total. The van der Waals surface area contributed by atoms with Crippen LogP contribution in [0, 0.1) is 0 Å². The second-order valence-corrected chi connectivity index (χ2v) is 4.94. The molecule has 0 spiro atoms. The maximum Gasteiger partial charge on any atom is 0.0859 e. The predicted molar refractivity (Wildman–Crippen MR) is 77.4 cm³/mol. The highest BCUT2D eigenvalue weighted by molar-refractivity contribution is 6.31. The third-order valence-corrected chi connectivity index (χ3v) is 3.59. The number of aromatic nitrogens is 2. The number of aliphatic hydroxyl groups excluding tert-OH is 1.